The molecule has 1 aromatic heterocycles. The summed E-state index contributed by atoms with van der Waals surface area (Å²) in [5.41, 5.74) is 0.570. The average Bonchev–Trinajstić information content (AvgIpc) is 2.69. The summed E-state index contributed by atoms with van der Waals surface area (Å²) in [6.07, 6.45) is 1.64. The number of piperazine rings is 1. The largest absolute Gasteiger partial charge is 0.493 e. The maximum absolute atomic E-state index is 12.9. The normalized spacial score (nSPS) is 14.2. The zero-order valence-corrected chi connectivity index (χ0v) is 17.6. The molecule has 0 radical (unpaired) electrons. The molecule has 0 bridgehead atoms. The first-order valence-electron chi connectivity index (χ1n) is 8.69. The van der Waals surface area contributed by atoms with Crippen LogP contribution in [0.2, 0.25) is 5.02 Å². The number of carbonyl (C=O) groups is 1. The maximum Gasteiger partial charge on any atom is 0.254 e. The monoisotopic (exact) mass is 453 g/mol. The number of hydrogen-bond donors (Lipinski definition) is 0. The third-order valence-corrected chi connectivity index (χ3v) is 5.18. The second-order valence-electron chi connectivity index (χ2n) is 6.04. The minimum absolute atomic E-state index is 0.0271. The second-order valence-corrected chi connectivity index (χ2v) is 7.33. The van der Waals surface area contributed by atoms with E-state index in [1.807, 2.05) is 24.0 Å². The Morgan fingerprint density at radius 1 is 1.26 bits per heavy atom. The summed E-state index contributed by atoms with van der Waals surface area (Å²) in [5.74, 6) is 1.99. The van der Waals surface area contributed by atoms with Gasteiger partial charge in [-0.1, -0.05) is 11.6 Å². The third kappa shape index (κ3) is 4.47. The SMILES string of the molecule is CCOc1c(Br)cc(C(=O)N2CCN(c3ccc(Cl)cn3)CC2)cc1OC. The number of amides is 1. The molecule has 1 aliphatic rings. The van der Waals surface area contributed by atoms with E-state index in [0.29, 0.717) is 46.3 Å². The lowest BCUT2D eigenvalue weighted by Crippen LogP contribution is -2.49. The quantitative estimate of drug-likeness (QED) is 0.686. The van der Waals surface area contributed by atoms with Gasteiger partial charge in [0.05, 0.1) is 23.2 Å². The second kappa shape index (κ2) is 8.80. The van der Waals surface area contributed by atoms with Crippen LogP contribution < -0.4 is 14.4 Å². The number of ether oxygens (including phenoxy) is 2. The van der Waals surface area contributed by atoms with Crippen LogP contribution in [0.1, 0.15) is 17.3 Å². The molecular weight excluding hydrogens is 434 g/mol. The van der Waals surface area contributed by atoms with Gasteiger partial charge in [-0.25, -0.2) is 4.98 Å². The van der Waals surface area contributed by atoms with E-state index in [0.717, 1.165) is 18.9 Å². The van der Waals surface area contributed by atoms with Crippen LogP contribution in [0.25, 0.3) is 0 Å². The van der Waals surface area contributed by atoms with E-state index in [4.69, 9.17) is 21.1 Å². The molecule has 1 saturated heterocycles. The number of carbonyl (C=O) groups excluding carboxylic acids is 1. The highest BCUT2D eigenvalue weighted by Crippen LogP contribution is 2.37. The molecule has 2 aromatic rings. The van der Waals surface area contributed by atoms with Crippen molar-refractivity contribution in [2.75, 3.05) is 44.8 Å². The number of nitrogens with zero attached hydrogens (tertiary/aromatic N) is 3. The highest BCUT2D eigenvalue weighted by atomic mass is 79.9. The first-order valence-corrected chi connectivity index (χ1v) is 9.86. The van der Waals surface area contributed by atoms with E-state index in [1.54, 1.807) is 25.4 Å². The molecule has 6 nitrogen and oxygen atoms in total. The first-order chi connectivity index (χ1) is 13.0. The van der Waals surface area contributed by atoms with Gasteiger partial charge in [0.15, 0.2) is 11.5 Å². The Hall–Kier alpha value is -1.99. The standard InChI is InChI=1S/C19H21BrClN3O3/c1-3-27-18-15(20)10-13(11-16(18)26-2)19(25)24-8-6-23(7-9-24)17-5-4-14(21)12-22-17/h4-5,10-12H,3,6-9H2,1-2H3. The molecule has 1 amide bonds. The Labute approximate surface area is 172 Å². The van der Waals surface area contributed by atoms with E-state index in [-0.39, 0.29) is 5.91 Å². The van der Waals surface area contributed by atoms with Crippen LogP contribution in [0, 0.1) is 0 Å². The van der Waals surface area contributed by atoms with Crippen LogP contribution in [0.4, 0.5) is 5.82 Å². The summed E-state index contributed by atoms with van der Waals surface area (Å²) in [4.78, 5) is 21.3. The molecule has 0 spiro atoms. The number of methoxy groups -OCH3 is 1. The highest BCUT2D eigenvalue weighted by Gasteiger charge is 2.24. The topological polar surface area (TPSA) is 54.9 Å². The summed E-state index contributed by atoms with van der Waals surface area (Å²) in [5, 5.41) is 0.614. The molecule has 144 valence electrons. The number of halogens is 2. The van der Waals surface area contributed by atoms with Crippen LogP contribution in [0.5, 0.6) is 11.5 Å². The summed E-state index contributed by atoms with van der Waals surface area (Å²) in [6, 6.07) is 7.23. The van der Waals surface area contributed by atoms with Crippen molar-refractivity contribution in [1.29, 1.82) is 0 Å². The fraction of sp³-hybridized carbons (Fsp3) is 0.368. The molecule has 1 aromatic carbocycles. The van der Waals surface area contributed by atoms with Gasteiger partial charge in [-0.05, 0) is 47.1 Å². The molecule has 8 heteroatoms. The van der Waals surface area contributed by atoms with Crippen LogP contribution in [0.15, 0.2) is 34.9 Å². The zero-order valence-electron chi connectivity index (χ0n) is 15.2. The van der Waals surface area contributed by atoms with Crippen LogP contribution >= 0.6 is 27.5 Å². The van der Waals surface area contributed by atoms with Gasteiger partial charge >= 0.3 is 0 Å². The Bertz CT molecular complexity index is 809. The predicted octanol–water partition coefficient (Wildman–Crippen LogP) is 3.87. The van der Waals surface area contributed by atoms with Gasteiger partial charge < -0.3 is 19.3 Å². The minimum Gasteiger partial charge on any atom is -0.493 e. The average molecular weight is 455 g/mol. The van der Waals surface area contributed by atoms with Crippen molar-refractivity contribution < 1.29 is 14.3 Å². The summed E-state index contributed by atoms with van der Waals surface area (Å²) < 4.78 is 11.7. The fourth-order valence-corrected chi connectivity index (χ4v) is 3.67. The van der Waals surface area contributed by atoms with Gasteiger partial charge in [-0.15, -0.1) is 0 Å². The molecule has 27 heavy (non-hydrogen) atoms. The van der Waals surface area contributed by atoms with Crippen molar-refractivity contribution in [1.82, 2.24) is 9.88 Å². The molecule has 2 heterocycles. The molecule has 3 rings (SSSR count). The lowest BCUT2D eigenvalue weighted by molar-refractivity contribution is 0.0746. The number of aromatic nitrogens is 1. The van der Waals surface area contributed by atoms with Gasteiger partial charge in [0.2, 0.25) is 0 Å². The van der Waals surface area contributed by atoms with E-state index in [1.165, 1.54) is 0 Å². The molecule has 1 aliphatic heterocycles. The molecule has 0 atom stereocenters. The number of pyridine rings is 1. The molecule has 0 aliphatic carbocycles. The number of hydrogen-bond acceptors (Lipinski definition) is 5. The van der Waals surface area contributed by atoms with E-state index < -0.39 is 0 Å². The Morgan fingerprint density at radius 2 is 2.00 bits per heavy atom. The smallest absolute Gasteiger partial charge is 0.254 e. The Balaban J connectivity index is 1.70. The summed E-state index contributed by atoms with van der Waals surface area (Å²) in [6.45, 7) is 5.10. The van der Waals surface area contributed by atoms with Crippen molar-refractivity contribution >= 4 is 39.3 Å². The Morgan fingerprint density at radius 3 is 2.59 bits per heavy atom. The van der Waals surface area contributed by atoms with Gasteiger partial charge in [0, 0.05) is 37.9 Å². The maximum atomic E-state index is 12.9. The van der Waals surface area contributed by atoms with E-state index >= 15 is 0 Å². The van der Waals surface area contributed by atoms with E-state index in [9.17, 15) is 4.79 Å². The van der Waals surface area contributed by atoms with E-state index in [2.05, 4.69) is 25.8 Å². The molecular formula is C19H21BrClN3O3. The number of benzene rings is 1. The minimum atomic E-state index is -0.0271. The molecule has 0 saturated carbocycles. The first kappa shape index (κ1) is 19.8. The summed E-state index contributed by atoms with van der Waals surface area (Å²) in [7, 11) is 1.57. The molecule has 0 unspecified atom stereocenters. The summed E-state index contributed by atoms with van der Waals surface area (Å²) >= 11 is 9.37. The van der Waals surface area contributed by atoms with Crippen LogP contribution in [-0.2, 0) is 0 Å². The van der Waals surface area contributed by atoms with Crippen molar-refractivity contribution in [3.05, 3.63) is 45.5 Å². The van der Waals surface area contributed by atoms with Crippen molar-refractivity contribution in [3.8, 4) is 11.5 Å². The van der Waals surface area contributed by atoms with Crippen molar-refractivity contribution in [3.63, 3.8) is 0 Å². The van der Waals surface area contributed by atoms with Gasteiger partial charge in [0.1, 0.15) is 5.82 Å². The van der Waals surface area contributed by atoms with Gasteiger partial charge in [0.25, 0.3) is 5.91 Å². The molecule has 1 fully saturated rings. The van der Waals surface area contributed by atoms with Crippen LogP contribution in [0.3, 0.4) is 0 Å². The van der Waals surface area contributed by atoms with Crippen LogP contribution in [-0.4, -0.2) is 55.7 Å². The van der Waals surface area contributed by atoms with Gasteiger partial charge in [-0.3, -0.25) is 4.79 Å². The molecule has 0 N–H and O–H groups in total. The fourth-order valence-electron chi connectivity index (χ4n) is 3.00. The van der Waals surface area contributed by atoms with Gasteiger partial charge in [-0.2, -0.15) is 0 Å². The third-order valence-electron chi connectivity index (χ3n) is 4.37. The zero-order chi connectivity index (χ0) is 19.4. The lowest BCUT2D eigenvalue weighted by Gasteiger charge is -2.35. The Kier molecular flexibility index (Phi) is 6.44. The van der Waals surface area contributed by atoms with Crippen molar-refractivity contribution in [2.24, 2.45) is 0 Å². The predicted molar refractivity (Wildman–Crippen MR) is 109 cm³/mol. The number of anilines is 1. The highest BCUT2D eigenvalue weighted by molar-refractivity contribution is 9.10. The number of rotatable bonds is 5. The lowest BCUT2D eigenvalue weighted by atomic mass is 10.1. The van der Waals surface area contributed by atoms with Crippen molar-refractivity contribution in [2.45, 2.75) is 6.92 Å².